The number of ether oxygens (including phenoxy) is 1. The predicted octanol–water partition coefficient (Wildman–Crippen LogP) is 1.19. The van der Waals surface area contributed by atoms with E-state index in [0.29, 0.717) is 12.3 Å². The summed E-state index contributed by atoms with van der Waals surface area (Å²) in [7, 11) is 0. The van der Waals surface area contributed by atoms with Gasteiger partial charge in [0.25, 0.3) is 0 Å². The Labute approximate surface area is 132 Å². The lowest BCUT2D eigenvalue weighted by Gasteiger charge is -2.23. The number of aliphatic hydroxyl groups excluding tert-OH is 1. The fourth-order valence-electron chi connectivity index (χ4n) is 1.97. The number of nitrogens with one attached hydrogen (secondary N) is 3. The van der Waals surface area contributed by atoms with Crippen LogP contribution in [0.25, 0.3) is 0 Å². The number of rotatable bonds is 6. The highest BCUT2D eigenvalue weighted by Gasteiger charge is 2.14. The molecule has 22 heavy (non-hydrogen) atoms. The van der Waals surface area contributed by atoms with E-state index in [0.717, 1.165) is 24.7 Å². The Hall–Kier alpha value is -1.79. The number of β-amino-alcohol motifs (C(OH)–C–C–N with tert-alkyl or cyclic N) is 1. The van der Waals surface area contributed by atoms with Crippen molar-refractivity contribution in [1.29, 1.82) is 0 Å². The Kier molecular flexibility index (Phi) is 5.63. The third kappa shape index (κ3) is 5.54. The summed E-state index contributed by atoms with van der Waals surface area (Å²) in [5.41, 5.74) is 0.818. The van der Waals surface area contributed by atoms with Crippen molar-refractivity contribution in [3.63, 3.8) is 0 Å². The minimum Gasteiger partial charge on any atom is -0.489 e. The quantitative estimate of drug-likeness (QED) is 0.635. The fraction of sp³-hybridized carbons (Fsp3) is 0.562. The van der Waals surface area contributed by atoms with E-state index in [1.54, 1.807) is 0 Å². The highest BCUT2D eigenvalue weighted by Crippen LogP contribution is 2.24. The molecule has 2 rings (SSSR count). The molecule has 0 spiro atoms. The summed E-state index contributed by atoms with van der Waals surface area (Å²) in [4.78, 5) is 4.30. The normalized spacial score (nSPS) is 15.9. The largest absolute Gasteiger partial charge is 0.489 e. The standard InChI is InChI=1S/C16H26N4O2/c1-16(2,3)19-10-12(21)11-22-14-7-5-4-6-13(14)20-15-17-8-9-18-15/h4-7,12,19,21H,8-11H2,1-3H3,(H2,17,18,20). The zero-order chi connectivity index (χ0) is 16.0. The Balaban J connectivity index is 1.86. The molecule has 6 nitrogen and oxygen atoms in total. The molecule has 0 saturated heterocycles. The Bertz CT molecular complexity index is 511. The molecule has 0 bridgehead atoms. The van der Waals surface area contributed by atoms with E-state index in [1.807, 2.05) is 24.3 Å². The number of hydrogen-bond acceptors (Lipinski definition) is 6. The van der Waals surface area contributed by atoms with Crippen LogP contribution in [0.15, 0.2) is 29.3 Å². The van der Waals surface area contributed by atoms with Crippen LogP contribution in [0.2, 0.25) is 0 Å². The Morgan fingerprint density at radius 3 is 2.82 bits per heavy atom. The van der Waals surface area contributed by atoms with E-state index >= 15 is 0 Å². The number of hydrogen-bond donors (Lipinski definition) is 4. The van der Waals surface area contributed by atoms with Gasteiger partial charge in [-0.15, -0.1) is 0 Å². The van der Waals surface area contributed by atoms with Crippen molar-refractivity contribution in [1.82, 2.24) is 10.6 Å². The molecule has 6 heteroatoms. The van der Waals surface area contributed by atoms with Gasteiger partial charge in [0, 0.05) is 18.6 Å². The molecule has 0 amide bonds. The monoisotopic (exact) mass is 306 g/mol. The van der Waals surface area contributed by atoms with Gasteiger partial charge < -0.3 is 25.8 Å². The van der Waals surface area contributed by atoms with Crippen LogP contribution in [-0.4, -0.2) is 49.0 Å². The van der Waals surface area contributed by atoms with Crippen LogP contribution in [0.1, 0.15) is 20.8 Å². The molecule has 4 N–H and O–H groups in total. The first-order valence-electron chi connectivity index (χ1n) is 7.64. The average Bonchev–Trinajstić information content (AvgIpc) is 2.96. The predicted molar refractivity (Wildman–Crippen MR) is 89.6 cm³/mol. The zero-order valence-corrected chi connectivity index (χ0v) is 13.5. The number of para-hydroxylation sites is 2. The van der Waals surface area contributed by atoms with Gasteiger partial charge in [-0.25, -0.2) is 0 Å². The number of guanidine groups is 1. The molecule has 0 radical (unpaired) electrons. The summed E-state index contributed by atoms with van der Waals surface area (Å²) in [6.07, 6.45) is -0.561. The molecule has 1 unspecified atom stereocenters. The average molecular weight is 306 g/mol. The number of benzene rings is 1. The smallest absolute Gasteiger partial charge is 0.196 e. The first-order chi connectivity index (χ1) is 10.4. The summed E-state index contributed by atoms with van der Waals surface area (Å²) in [6, 6.07) is 7.64. The maximum Gasteiger partial charge on any atom is 0.196 e. The van der Waals surface area contributed by atoms with Gasteiger partial charge in [-0.3, -0.25) is 4.99 Å². The summed E-state index contributed by atoms with van der Waals surface area (Å²) in [6.45, 7) is 8.56. The van der Waals surface area contributed by atoms with E-state index in [1.165, 1.54) is 0 Å². The second-order valence-electron chi connectivity index (χ2n) is 6.37. The molecule has 1 aliphatic heterocycles. The fourth-order valence-corrected chi connectivity index (χ4v) is 1.97. The maximum absolute atomic E-state index is 10.0. The molecule has 0 fully saturated rings. The molecule has 0 saturated carbocycles. The van der Waals surface area contributed by atoms with Crippen LogP contribution in [0.5, 0.6) is 5.75 Å². The van der Waals surface area contributed by atoms with Crippen molar-refractivity contribution in [3.05, 3.63) is 24.3 Å². The van der Waals surface area contributed by atoms with Crippen molar-refractivity contribution in [2.24, 2.45) is 4.99 Å². The summed E-state index contributed by atoms with van der Waals surface area (Å²) >= 11 is 0. The Morgan fingerprint density at radius 1 is 1.36 bits per heavy atom. The first-order valence-corrected chi connectivity index (χ1v) is 7.64. The zero-order valence-electron chi connectivity index (χ0n) is 13.5. The highest BCUT2D eigenvalue weighted by molar-refractivity contribution is 5.95. The highest BCUT2D eigenvalue weighted by atomic mass is 16.5. The Morgan fingerprint density at radius 2 is 2.14 bits per heavy atom. The molecule has 1 aromatic rings. The summed E-state index contributed by atoms with van der Waals surface area (Å²) in [5, 5.41) is 19.6. The third-order valence-corrected chi connectivity index (χ3v) is 3.11. The number of aliphatic hydroxyl groups is 1. The van der Waals surface area contributed by atoms with E-state index in [4.69, 9.17) is 4.74 Å². The van der Waals surface area contributed by atoms with Crippen molar-refractivity contribution in [2.45, 2.75) is 32.4 Å². The second kappa shape index (κ2) is 7.47. The maximum atomic E-state index is 10.0. The first kappa shape index (κ1) is 16.6. The van der Waals surface area contributed by atoms with Gasteiger partial charge in [0.2, 0.25) is 0 Å². The van der Waals surface area contributed by atoms with E-state index in [9.17, 15) is 5.11 Å². The molecule has 1 atom stereocenters. The molecular formula is C16H26N4O2. The van der Waals surface area contributed by atoms with Crippen molar-refractivity contribution < 1.29 is 9.84 Å². The van der Waals surface area contributed by atoms with E-state index < -0.39 is 6.10 Å². The van der Waals surface area contributed by atoms with Crippen LogP contribution < -0.4 is 20.7 Å². The van der Waals surface area contributed by atoms with Gasteiger partial charge in [0.15, 0.2) is 5.96 Å². The number of nitrogens with zero attached hydrogens (tertiary/aromatic N) is 1. The molecular weight excluding hydrogens is 280 g/mol. The van der Waals surface area contributed by atoms with Gasteiger partial charge in [-0.1, -0.05) is 12.1 Å². The van der Waals surface area contributed by atoms with E-state index in [-0.39, 0.29) is 12.1 Å². The van der Waals surface area contributed by atoms with Gasteiger partial charge in [0.1, 0.15) is 18.5 Å². The SMILES string of the molecule is CC(C)(C)NCC(O)COc1ccccc1NC1=NCCN1. The third-order valence-electron chi connectivity index (χ3n) is 3.11. The lowest BCUT2D eigenvalue weighted by atomic mass is 10.1. The topological polar surface area (TPSA) is 77.9 Å². The van der Waals surface area contributed by atoms with Crippen molar-refractivity contribution >= 4 is 11.6 Å². The number of anilines is 1. The van der Waals surface area contributed by atoms with Crippen LogP contribution in [0.4, 0.5) is 5.69 Å². The molecule has 1 heterocycles. The minimum atomic E-state index is -0.561. The minimum absolute atomic E-state index is 0.0211. The van der Waals surface area contributed by atoms with Gasteiger partial charge in [0.05, 0.1) is 12.2 Å². The lowest BCUT2D eigenvalue weighted by Crippen LogP contribution is -2.42. The molecule has 122 valence electrons. The molecule has 0 aliphatic carbocycles. The summed E-state index contributed by atoms with van der Waals surface area (Å²) < 4.78 is 5.74. The summed E-state index contributed by atoms with van der Waals surface area (Å²) in [5.74, 6) is 1.46. The lowest BCUT2D eigenvalue weighted by molar-refractivity contribution is 0.100. The van der Waals surface area contributed by atoms with Gasteiger partial charge in [-0.2, -0.15) is 0 Å². The van der Waals surface area contributed by atoms with Crippen molar-refractivity contribution in [2.75, 3.05) is 31.6 Å². The van der Waals surface area contributed by atoms with Crippen LogP contribution in [0, 0.1) is 0 Å². The van der Waals surface area contributed by atoms with Crippen LogP contribution in [-0.2, 0) is 0 Å². The van der Waals surface area contributed by atoms with E-state index in [2.05, 4.69) is 41.7 Å². The molecule has 0 aromatic heterocycles. The van der Waals surface area contributed by atoms with Crippen LogP contribution >= 0.6 is 0 Å². The van der Waals surface area contributed by atoms with Gasteiger partial charge >= 0.3 is 0 Å². The van der Waals surface area contributed by atoms with Crippen LogP contribution in [0.3, 0.4) is 0 Å². The number of aliphatic imine (C=N–C) groups is 1. The molecule has 1 aliphatic rings. The second-order valence-corrected chi connectivity index (χ2v) is 6.37. The molecule has 1 aromatic carbocycles. The van der Waals surface area contributed by atoms with Crippen molar-refractivity contribution in [3.8, 4) is 5.75 Å². The van der Waals surface area contributed by atoms with Gasteiger partial charge in [-0.05, 0) is 32.9 Å².